The number of rotatable bonds is 8. The lowest BCUT2D eigenvalue weighted by Crippen LogP contribution is -2.27. The summed E-state index contributed by atoms with van der Waals surface area (Å²) in [5.41, 5.74) is 2.85. The Balaban J connectivity index is 1.70. The number of aliphatic hydroxyl groups is 1. The molecular weight excluding hydrogens is 476 g/mol. The number of oxazole rings is 1. The lowest BCUT2D eigenvalue weighted by atomic mass is 10.2. The van der Waals surface area contributed by atoms with Gasteiger partial charge < -0.3 is 24.5 Å². The van der Waals surface area contributed by atoms with Gasteiger partial charge in [0.2, 0.25) is 0 Å². The number of anilines is 2. The predicted octanol–water partition coefficient (Wildman–Crippen LogP) is 4.25. The topological polar surface area (TPSA) is 101 Å². The highest BCUT2D eigenvalue weighted by Gasteiger charge is 2.21. The molecule has 9 heteroatoms. The van der Waals surface area contributed by atoms with Crippen molar-refractivity contribution in [2.24, 2.45) is 0 Å². The molecule has 2 N–H and O–H groups in total. The molecule has 0 atom stereocenters. The van der Waals surface area contributed by atoms with Crippen LogP contribution in [0.4, 0.5) is 11.7 Å². The monoisotopic (exact) mass is 496 g/mol. The molecule has 0 saturated carbocycles. The second-order valence-electron chi connectivity index (χ2n) is 6.94. The Morgan fingerprint density at radius 3 is 2.72 bits per heavy atom. The number of carbonyl (C=O) groups is 1. The Labute approximate surface area is 193 Å². The molecule has 2 heterocycles. The van der Waals surface area contributed by atoms with Crippen LogP contribution < -0.4 is 15.0 Å². The van der Waals surface area contributed by atoms with Crippen LogP contribution in [0.5, 0.6) is 5.75 Å². The highest BCUT2D eigenvalue weighted by atomic mass is 79.9. The summed E-state index contributed by atoms with van der Waals surface area (Å²) in [5.74, 6) is 0.183. The lowest BCUT2D eigenvalue weighted by molar-refractivity contribution is 0.0987. The van der Waals surface area contributed by atoms with Gasteiger partial charge in [-0.1, -0.05) is 36.4 Å². The molecule has 4 rings (SSSR count). The molecule has 0 aliphatic heterocycles. The minimum atomic E-state index is -0.298. The van der Waals surface area contributed by atoms with Gasteiger partial charge in [0.25, 0.3) is 11.9 Å². The van der Waals surface area contributed by atoms with E-state index < -0.39 is 0 Å². The number of aromatic nitrogens is 2. The third kappa shape index (κ3) is 4.90. The molecular formula is C23H21BrN4O4. The van der Waals surface area contributed by atoms with E-state index in [4.69, 9.17) is 14.3 Å². The van der Waals surface area contributed by atoms with Crippen LogP contribution in [0.1, 0.15) is 16.1 Å². The molecule has 0 aliphatic rings. The van der Waals surface area contributed by atoms with Crippen molar-refractivity contribution in [1.29, 1.82) is 0 Å². The molecule has 1 amide bonds. The summed E-state index contributed by atoms with van der Waals surface area (Å²) >= 11 is 3.30. The first-order valence-corrected chi connectivity index (χ1v) is 10.7. The van der Waals surface area contributed by atoms with E-state index in [2.05, 4.69) is 31.2 Å². The van der Waals surface area contributed by atoms with Gasteiger partial charge in [-0.2, -0.15) is 4.98 Å². The van der Waals surface area contributed by atoms with Crippen LogP contribution in [0.25, 0.3) is 11.1 Å². The quantitative estimate of drug-likeness (QED) is 0.351. The highest BCUT2D eigenvalue weighted by molar-refractivity contribution is 9.10. The summed E-state index contributed by atoms with van der Waals surface area (Å²) in [5, 5.41) is 11.9. The Morgan fingerprint density at radius 2 is 1.97 bits per heavy atom. The average Bonchev–Trinajstić information content (AvgIpc) is 3.22. The van der Waals surface area contributed by atoms with E-state index in [1.165, 1.54) is 4.90 Å². The SMILES string of the molecule is CN(C(=O)c1cccc(Br)n1)c1cc2oc(NCCO)nc2cc1OCc1ccccc1. The zero-order valence-electron chi connectivity index (χ0n) is 17.3. The second kappa shape index (κ2) is 9.80. The van der Waals surface area contributed by atoms with Gasteiger partial charge in [-0.3, -0.25) is 4.79 Å². The van der Waals surface area contributed by atoms with Crippen molar-refractivity contribution >= 4 is 44.6 Å². The Morgan fingerprint density at radius 1 is 1.16 bits per heavy atom. The first-order valence-electron chi connectivity index (χ1n) is 9.92. The first kappa shape index (κ1) is 21.8. The fourth-order valence-electron chi connectivity index (χ4n) is 3.10. The molecule has 2 aromatic carbocycles. The van der Waals surface area contributed by atoms with Gasteiger partial charge in [0, 0.05) is 25.7 Å². The van der Waals surface area contributed by atoms with E-state index in [0.717, 1.165) is 5.56 Å². The number of amides is 1. The molecule has 32 heavy (non-hydrogen) atoms. The van der Waals surface area contributed by atoms with Crippen LogP contribution >= 0.6 is 15.9 Å². The molecule has 8 nitrogen and oxygen atoms in total. The Kier molecular flexibility index (Phi) is 6.67. The summed E-state index contributed by atoms with van der Waals surface area (Å²) in [7, 11) is 1.66. The molecule has 0 fully saturated rings. The van der Waals surface area contributed by atoms with Gasteiger partial charge in [0.1, 0.15) is 28.2 Å². The van der Waals surface area contributed by atoms with Crippen molar-refractivity contribution in [2.45, 2.75) is 6.61 Å². The van der Waals surface area contributed by atoms with E-state index in [1.807, 2.05) is 30.3 Å². The molecule has 0 saturated heterocycles. The van der Waals surface area contributed by atoms with Crippen molar-refractivity contribution in [3.05, 3.63) is 76.5 Å². The van der Waals surface area contributed by atoms with Crippen LogP contribution in [0.15, 0.2) is 69.7 Å². The van der Waals surface area contributed by atoms with E-state index in [1.54, 1.807) is 37.4 Å². The summed E-state index contributed by atoms with van der Waals surface area (Å²) in [4.78, 5) is 23.2. The Bertz CT molecular complexity index is 1230. The van der Waals surface area contributed by atoms with Gasteiger partial charge in [0.15, 0.2) is 5.58 Å². The number of pyridine rings is 1. The third-order valence-electron chi connectivity index (χ3n) is 4.69. The molecule has 4 aromatic rings. The Hall–Kier alpha value is -3.43. The number of aliphatic hydroxyl groups excluding tert-OH is 1. The number of ether oxygens (including phenoxy) is 1. The van der Waals surface area contributed by atoms with Gasteiger partial charge in [-0.15, -0.1) is 0 Å². The number of nitrogens with zero attached hydrogens (tertiary/aromatic N) is 3. The number of benzene rings is 2. The van der Waals surface area contributed by atoms with E-state index in [9.17, 15) is 4.79 Å². The van der Waals surface area contributed by atoms with Crippen molar-refractivity contribution in [3.63, 3.8) is 0 Å². The molecule has 0 aliphatic carbocycles. The summed E-state index contributed by atoms with van der Waals surface area (Å²) in [6.45, 7) is 0.584. The van der Waals surface area contributed by atoms with Crippen molar-refractivity contribution < 1.29 is 19.1 Å². The normalized spacial score (nSPS) is 10.8. The fraction of sp³-hybridized carbons (Fsp3) is 0.174. The standard InChI is InChI=1S/C23H21BrN4O4/c1-28(22(30)16-8-5-9-21(24)26-16)18-13-19-17(27-23(32-19)25-10-11-29)12-20(18)31-14-15-6-3-2-4-7-15/h2-9,12-13,29H,10-11,14H2,1H3,(H,25,27). The summed E-state index contributed by atoms with van der Waals surface area (Å²) in [6.07, 6.45) is 0. The van der Waals surface area contributed by atoms with Crippen molar-refractivity contribution in [2.75, 3.05) is 30.4 Å². The number of hydrogen-bond donors (Lipinski definition) is 2. The number of nitrogens with one attached hydrogen (secondary N) is 1. The smallest absolute Gasteiger partial charge is 0.295 e. The van der Waals surface area contributed by atoms with Crippen LogP contribution in [-0.2, 0) is 6.61 Å². The zero-order chi connectivity index (χ0) is 22.5. The van der Waals surface area contributed by atoms with E-state index in [-0.39, 0.29) is 18.5 Å². The molecule has 0 bridgehead atoms. The minimum absolute atomic E-state index is 0.0493. The lowest BCUT2D eigenvalue weighted by Gasteiger charge is -2.20. The maximum atomic E-state index is 13.1. The van der Waals surface area contributed by atoms with Gasteiger partial charge in [0.05, 0.1) is 12.3 Å². The number of carbonyl (C=O) groups excluding carboxylic acids is 1. The number of halogens is 1. The van der Waals surface area contributed by atoms with E-state index >= 15 is 0 Å². The number of fused-ring (bicyclic) bond motifs is 1. The van der Waals surface area contributed by atoms with Crippen molar-refractivity contribution in [3.8, 4) is 5.75 Å². The zero-order valence-corrected chi connectivity index (χ0v) is 18.9. The van der Waals surface area contributed by atoms with Crippen LogP contribution in [-0.4, -0.2) is 41.2 Å². The maximum absolute atomic E-state index is 13.1. The summed E-state index contributed by atoms with van der Waals surface area (Å²) < 4.78 is 12.4. The molecule has 0 unspecified atom stereocenters. The van der Waals surface area contributed by atoms with Crippen LogP contribution in [0, 0.1) is 0 Å². The summed E-state index contributed by atoms with van der Waals surface area (Å²) in [6, 6.07) is 18.6. The van der Waals surface area contributed by atoms with Crippen molar-refractivity contribution in [1.82, 2.24) is 9.97 Å². The van der Waals surface area contributed by atoms with Gasteiger partial charge in [-0.05, 0) is 33.6 Å². The number of hydrogen-bond acceptors (Lipinski definition) is 7. The van der Waals surface area contributed by atoms with Gasteiger partial charge in [-0.25, -0.2) is 4.98 Å². The minimum Gasteiger partial charge on any atom is -0.487 e. The molecule has 2 aromatic heterocycles. The highest BCUT2D eigenvalue weighted by Crippen LogP contribution is 2.35. The average molecular weight is 497 g/mol. The third-order valence-corrected chi connectivity index (χ3v) is 5.14. The van der Waals surface area contributed by atoms with Gasteiger partial charge >= 0.3 is 0 Å². The molecule has 0 spiro atoms. The second-order valence-corrected chi connectivity index (χ2v) is 7.75. The molecule has 0 radical (unpaired) electrons. The molecule has 164 valence electrons. The predicted molar refractivity (Wildman–Crippen MR) is 125 cm³/mol. The largest absolute Gasteiger partial charge is 0.487 e. The fourth-order valence-corrected chi connectivity index (χ4v) is 3.45. The maximum Gasteiger partial charge on any atom is 0.295 e. The van der Waals surface area contributed by atoms with E-state index in [0.29, 0.717) is 46.0 Å². The van der Waals surface area contributed by atoms with Crippen LogP contribution in [0.2, 0.25) is 0 Å². The first-order chi connectivity index (χ1) is 15.5. The van der Waals surface area contributed by atoms with Crippen LogP contribution in [0.3, 0.4) is 0 Å².